The van der Waals surface area contributed by atoms with Crippen molar-refractivity contribution in [2.45, 2.75) is 77.6 Å². The van der Waals surface area contributed by atoms with E-state index < -0.39 is 5.97 Å². The molecule has 0 rings (SSSR count). The third-order valence-electron chi connectivity index (χ3n) is 2.74. The van der Waals surface area contributed by atoms with E-state index in [9.17, 15) is 4.79 Å². The molecule has 0 bridgehead atoms. The SMILES string of the molecule is CCCCCCCCCCCCC(=O)O.[H-].[Na+]. The van der Waals surface area contributed by atoms with Crippen LogP contribution in [-0.2, 0) is 4.79 Å². The van der Waals surface area contributed by atoms with Gasteiger partial charge >= 0.3 is 35.5 Å². The Kier molecular flexibility index (Phi) is 18.2. The van der Waals surface area contributed by atoms with Gasteiger partial charge in [0.05, 0.1) is 0 Å². The van der Waals surface area contributed by atoms with Gasteiger partial charge in [-0.1, -0.05) is 64.7 Å². The van der Waals surface area contributed by atoms with Gasteiger partial charge in [0.2, 0.25) is 0 Å². The summed E-state index contributed by atoms with van der Waals surface area (Å²) in [4.78, 5) is 10.2. The summed E-state index contributed by atoms with van der Waals surface area (Å²) in [5, 5.41) is 8.44. The molecule has 0 fully saturated rings. The van der Waals surface area contributed by atoms with Crippen LogP contribution in [0.4, 0.5) is 0 Å². The maximum Gasteiger partial charge on any atom is 1.00 e. The molecule has 3 heteroatoms. The first-order valence-corrected chi connectivity index (χ1v) is 6.49. The van der Waals surface area contributed by atoms with Crippen molar-refractivity contribution in [2.24, 2.45) is 0 Å². The zero-order chi connectivity index (χ0) is 11.4. The predicted molar refractivity (Wildman–Crippen MR) is 65.2 cm³/mol. The van der Waals surface area contributed by atoms with E-state index in [-0.39, 0.29) is 31.0 Å². The van der Waals surface area contributed by atoms with Crippen LogP contribution in [0.25, 0.3) is 0 Å². The molecule has 0 aliphatic carbocycles. The van der Waals surface area contributed by atoms with Gasteiger partial charge in [0.15, 0.2) is 0 Å². The molecule has 0 unspecified atom stereocenters. The average molecular weight is 238 g/mol. The molecule has 0 aromatic heterocycles. The fourth-order valence-electron chi connectivity index (χ4n) is 1.76. The Morgan fingerprint density at radius 1 is 0.875 bits per heavy atom. The summed E-state index contributed by atoms with van der Waals surface area (Å²) in [5.41, 5.74) is 0. The molecule has 2 nitrogen and oxygen atoms in total. The minimum absolute atomic E-state index is 0. The van der Waals surface area contributed by atoms with Crippen molar-refractivity contribution in [1.82, 2.24) is 0 Å². The molecule has 0 saturated carbocycles. The quantitative estimate of drug-likeness (QED) is 0.437. The minimum Gasteiger partial charge on any atom is -1.00 e. The molecule has 0 aliphatic heterocycles. The van der Waals surface area contributed by atoms with Crippen LogP contribution in [0.5, 0.6) is 0 Å². The molecule has 1 N–H and O–H groups in total. The normalized spacial score (nSPS) is 9.81. The first-order valence-electron chi connectivity index (χ1n) is 6.49. The molecule has 0 aliphatic rings. The summed E-state index contributed by atoms with van der Waals surface area (Å²) < 4.78 is 0. The van der Waals surface area contributed by atoms with Crippen molar-refractivity contribution in [3.8, 4) is 0 Å². The number of hydrogen-bond acceptors (Lipinski definition) is 1. The van der Waals surface area contributed by atoms with E-state index in [4.69, 9.17) is 5.11 Å². The molecular weight excluding hydrogens is 211 g/mol. The topological polar surface area (TPSA) is 37.3 Å². The van der Waals surface area contributed by atoms with Crippen LogP contribution < -0.4 is 29.6 Å². The summed E-state index contributed by atoms with van der Waals surface area (Å²) in [6.45, 7) is 2.24. The maximum atomic E-state index is 10.2. The van der Waals surface area contributed by atoms with Gasteiger partial charge in [-0.15, -0.1) is 0 Å². The fraction of sp³-hybridized carbons (Fsp3) is 0.923. The van der Waals surface area contributed by atoms with E-state index in [0.29, 0.717) is 6.42 Å². The van der Waals surface area contributed by atoms with Gasteiger partial charge in [0.25, 0.3) is 0 Å². The molecule has 92 valence electrons. The Bertz CT molecular complexity index is 154. The molecular formula is C13H27NaO2. The van der Waals surface area contributed by atoms with Gasteiger partial charge in [-0.2, -0.15) is 0 Å². The fourth-order valence-corrected chi connectivity index (χ4v) is 1.76. The standard InChI is InChI=1S/C13H26O2.Na.H/c1-2-3-4-5-6-7-8-9-10-11-12-13(14)15;;/h2-12H2,1H3,(H,14,15);;/q;+1;-1. The summed E-state index contributed by atoms with van der Waals surface area (Å²) in [5.74, 6) is -0.658. The molecule has 0 radical (unpaired) electrons. The van der Waals surface area contributed by atoms with Crippen LogP contribution in [0.3, 0.4) is 0 Å². The van der Waals surface area contributed by atoms with Gasteiger partial charge in [-0.25, -0.2) is 0 Å². The Labute approximate surface area is 124 Å². The van der Waals surface area contributed by atoms with Gasteiger partial charge in [0, 0.05) is 6.42 Å². The maximum absolute atomic E-state index is 10.2. The van der Waals surface area contributed by atoms with Gasteiger partial charge in [-0.05, 0) is 6.42 Å². The molecule has 0 aromatic carbocycles. The zero-order valence-corrected chi connectivity index (χ0v) is 13.1. The second kappa shape index (κ2) is 15.5. The first-order chi connectivity index (χ1) is 7.27. The van der Waals surface area contributed by atoms with Crippen molar-refractivity contribution in [3.05, 3.63) is 0 Å². The van der Waals surface area contributed by atoms with Crippen LogP contribution in [-0.4, -0.2) is 11.1 Å². The van der Waals surface area contributed by atoms with Crippen LogP contribution in [0.2, 0.25) is 0 Å². The third kappa shape index (κ3) is 16.9. The number of carboxylic acid groups (broad SMARTS) is 1. The van der Waals surface area contributed by atoms with Gasteiger partial charge in [-0.3, -0.25) is 4.79 Å². The summed E-state index contributed by atoms with van der Waals surface area (Å²) in [6, 6.07) is 0. The number of unbranched alkanes of at least 4 members (excludes halogenated alkanes) is 9. The molecule has 0 amide bonds. The molecule has 0 saturated heterocycles. The van der Waals surface area contributed by atoms with E-state index in [2.05, 4.69) is 6.92 Å². The zero-order valence-electron chi connectivity index (χ0n) is 12.1. The van der Waals surface area contributed by atoms with Gasteiger partial charge < -0.3 is 6.53 Å². The second-order valence-electron chi connectivity index (χ2n) is 4.33. The molecule has 0 spiro atoms. The number of hydrogen-bond donors (Lipinski definition) is 1. The van der Waals surface area contributed by atoms with Crippen LogP contribution in [0, 0.1) is 0 Å². The summed E-state index contributed by atoms with van der Waals surface area (Å²) >= 11 is 0. The Morgan fingerprint density at radius 2 is 1.25 bits per heavy atom. The number of aliphatic carboxylic acids is 1. The van der Waals surface area contributed by atoms with Crippen LogP contribution in [0.1, 0.15) is 79.0 Å². The number of rotatable bonds is 11. The van der Waals surface area contributed by atoms with E-state index in [1.807, 2.05) is 0 Å². The number of carboxylic acids is 1. The van der Waals surface area contributed by atoms with Crippen molar-refractivity contribution in [1.29, 1.82) is 0 Å². The van der Waals surface area contributed by atoms with Crippen molar-refractivity contribution in [3.63, 3.8) is 0 Å². The first kappa shape index (κ1) is 18.8. The summed E-state index contributed by atoms with van der Waals surface area (Å²) in [7, 11) is 0. The Hall–Kier alpha value is 0.470. The Morgan fingerprint density at radius 3 is 1.62 bits per heavy atom. The smallest absolute Gasteiger partial charge is 1.00 e. The third-order valence-corrected chi connectivity index (χ3v) is 2.74. The van der Waals surface area contributed by atoms with E-state index in [1.54, 1.807) is 0 Å². The van der Waals surface area contributed by atoms with Crippen molar-refractivity contribution < 1.29 is 40.9 Å². The van der Waals surface area contributed by atoms with Gasteiger partial charge in [0.1, 0.15) is 0 Å². The van der Waals surface area contributed by atoms with Crippen molar-refractivity contribution in [2.75, 3.05) is 0 Å². The predicted octanol–water partition coefficient (Wildman–Crippen LogP) is 1.50. The monoisotopic (exact) mass is 238 g/mol. The average Bonchev–Trinajstić information content (AvgIpc) is 2.20. The Balaban J connectivity index is -0.000000980. The molecule has 0 aromatic rings. The second-order valence-corrected chi connectivity index (χ2v) is 4.33. The van der Waals surface area contributed by atoms with E-state index in [1.165, 1.54) is 51.4 Å². The van der Waals surface area contributed by atoms with Crippen LogP contribution in [0.15, 0.2) is 0 Å². The minimum atomic E-state index is -0.658. The van der Waals surface area contributed by atoms with E-state index in [0.717, 1.165) is 12.8 Å². The largest absolute Gasteiger partial charge is 1.00 e. The molecule has 0 atom stereocenters. The molecule has 0 heterocycles. The number of carbonyl (C=O) groups is 1. The van der Waals surface area contributed by atoms with Crippen molar-refractivity contribution >= 4 is 5.97 Å². The molecule has 16 heavy (non-hydrogen) atoms. The summed E-state index contributed by atoms with van der Waals surface area (Å²) in [6.07, 6.45) is 12.9. The van der Waals surface area contributed by atoms with E-state index >= 15 is 0 Å². The van der Waals surface area contributed by atoms with Crippen LogP contribution >= 0.6 is 0 Å².